The van der Waals surface area contributed by atoms with E-state index in [1.165, 1.54) is 0 Å². The van der Waals surface area contributed by atoms with Crippen molar-refractivity contribution in [1.82, 2.24) is 20.1 Å². The zero-order valence-corrected chi connectivity index (χ0v) is 10.5. The first kappa shape index (κ1) is 11.2. The number of rotatable bonds is 2. The average Bonchev–Trinajstić information content (AvgIpc) is 2.86. The molecule has 3 rings (SSSR count). The largest absolute Gasteiger partial charge is 0.352 e. The molecule has 0 aromatic carbocycles. The van der Waals surface area contributed by atoms with Gasteiger partial charge in [0, 0.05) is 38.6 Å². The van der Waals surface area contributed by atoms with Gasteiger partial charge in [-0.05, 0) is 24.6 Å². The Balaban J connectivity index is 1.99. The van der Waals surface area contributed by atoms with Crippen molar-refractivity contribution in [2.75, 3.05) is 31.1 Å². The number of nitrogens with zero attached hydrogens (tertiary/aromatic N) is 4. The topological polar surface area (TPSA) is 46.0 Å². The summed E-state index contributed by atoms with van der Waals surface area (Å²) >= 11 is 0. The maximum atomic E-state index is 4.53. The van der Waals surface area contributed by atoms with Gasteiger partial charge in [-0.1, -0.05) is 0 Å². The molecule has 0 aliphatic carbocycles. The Morgan fingerprint density at radius 3 is 2.83 bits per heavy atom. The molecule has 3 heterocycles. The smallest absolute Gasteiger partial charge is 0.154 e. The number of hydrogen-bond acceptors (Lipinski definition) is 4. The summed E-state index contributed by atoms with van der Waals surface area (Å²) in [5, 5.41) is 7.73. The molecule has 1 aliphatic heterocycles. The summed E-state index contributed by atoms with van der Waals surface area (Å²) in [6.07, 6.45) is 5.74. The van der Waals surface area contributed by atoms with Crippen molar-refractivity contribution in [2.24, 2.45) is 0 Å². The van der Waals surface area contributed by atoms with Gasteiger partial charge in [0.05, 0.1) is 6.20 Å². The summed E-state index contributed by atoms with van der Waals surface area (Å²) < 4.78 is 1.90. The molecule has 1 aliphatic rings. The fourth-order valence-corrected chi connectivity index (χ4v) is 2.23. The first-order chi connectivity index (χ1) is 8.84. The highest BCUT2D eigenvalue weighted by Crippen LogP contribution is 2.21. The zero-order valence-electron chi connectivity index (χ0n) is 10.5. The van der Waals surface area contributed by atoms with Crippen molar-refractivity contribution in [3.8, 4) is 5.69 Å². The van der Waals surface area contributed by atoms with Crippen LogP contribution in [0.3, 0.4) is 0 Å². The fourth-order valence-electron chi connectivity index (χ4n) is 2.23. The molecule has 18 heavy (non-hydrogen) atoms. The lowest BCUT2D eigenvalue weighted by molar-refractivity contribution is 0.583. The van der Waals surface area contributed by atoms with Crippen LogP contribution in [0.25, 0.3) is 5.69 Å². The molecule has 0 amide bonds. The highest BCUT2D eigenvalue weighted by atomic mass is 15.3. The van der Waals surface area contributed by atoms with Crippen LogP contribution in [-0.2, 0) is 0 Å². The van der Waals surface area contributed by atoms with Gasteiger partial charge in [-0.15, -0.1) is 0 Å². The van der Waals surface area contributed by atoms with Crippen molar-refractivity contribution in [3.63, 3.8) is 0 Å². The summed E-state index contributed by atoms with van der Waals surface area (Å²) in [5.74, 6) is 1.02. The molecule has 0 spiro atoms. The minimum Gasteiger partial charge on any atom is -0.352 e. The minimum absolute atomic E-state index is 0.990. The van der Waals surface area contributed by atoms with Crippen LogP contribution in [0, 0.1) is 6.92 Å². The van der Waals surface area contributed by atoms with Gasteiger partial charge in [0.25, 0.3) is 0 Å². The second-order valence-corrected chi connectivity index (χ2v) is 4.55. The average molecular weight is 243 g/mol. The van der Waals surface area contributed by atoms with Crippen LogP contribution >= 0.6 is 0 Å². The summed E-state index contributed by atoms with van der Waals surface area (Å²) in [6, 6.07) is 4.02. The summed E-state index contributed by atoms with van der Waals surface area (Å²) in [6.45, 7) is 6.04. The van der Waals surface area contributed by atoms with Crippen LogP contribution in [0.2, 0.25) is 0 Å². The van der Waals surface area contributed by atoms with Crippen LogP contribution in [0.15, 0.2) is 30.7 Å². The predicted molar refractivity (Wildman–Crippen MR) is 71.2 cm³/mol. The third kappa shape index (κ3) is 2.09. The predicted octanol–water partition coefficient (Wildman–Crippen LogP) is 0.985. The van der Waals surface area contributed by atoms with Gasteiger partial charge in [0.2, 0.25) is 0 Å². The van der Waals surface area contributed by atoms with Crippen molar-refractivity contribution >= 4 is 5.82 Å². The quantitative estimate of drug-likeness (QED) is 0.854. The van der Waals surface area contributed by atoms with Crippen LogP contribution in [-0.4, -0.2) is 40.9 Å². The molecule has 0 saturated carbocycles. The number of anilines is 1. The Labute approximate surface area is 106 Å². The lowest BCUT2D eigenvalue weighted by Gasteiger charge is -2.29. The third-order valence-electron chi connectivity index (χ3n) is 3.14. The molecule has 1 saturated heterocycles. The van der Waals surface area contributed by atoms with Gasteiger partial charge in [-0.3, -0.25) is 0 Å². The van der Waals surface area contributed by atoms with E-state index >= 15 is 0 Å². The molecule has 2 aromatic heterocycles. The third-order valence-corrected chi connectivity index (χ3v) is 3.14. The molecule has 0 bridgehead atoms. The van der Waals surface area contributed by atoms with Crippen LogP contribution in [0.5, 0.6) is 0 Å². The SMILES string of the molecule is Cc1cnn(-c2cccnc2N2CCNCC2)c1. The van der Waals surface area contributed by atoms with E-state index in [-0.39, 0.29) is 0 Å². The van der Waals surface area contributed by atoms with Crippen LogP contribution < -0.4 is 10.2 Å². The van der Waals surface area contributed by atoms with Gasteiger partial charge < -0.3 is 10.2 Å². The fraction of sp³-hybridized carbons (Fsp3) is 0.385. The summed E-state index contributed by atoms with van der Waals surface area (Å²) in [7, 11) is 0. The number of aromatic nitrogens is 3. The molecule has 0 atom stereocenters. The Morgan fingerprint density at radius 1 is 1.28 bits per heavy atom. The molecule has 0 radical (unpaired) electrons. The molecule has 1 fully saturated rings. The van der Waals surface area contributed by atoms with Gasteiger partial charge >= 0.3 is 0 Å². The second-order valence-electron chi connectivity index (χ2n) is 4.55. The monoisotopic (exact) mass is 243 g/mol. The van der Waals surface area contributed by atoms with E-state index < -0.39 is 0 Å². The maximum Gasteiger partial charge on any atom is 0.154 e. The lowest BCUT2D eigenvalue weighted by atomic mass is 10.3. The Hall–Kier alpha value is -1.88. The molecule has 2 aromatic rings. The van der Waals surface area contributed by atoms with E-state index in [1.807, 2.05) is 36.3 Å². The normalized spacial score (nSPS) is 15.9. The van der Waals surface area contributed by atoms with Gasteiger partial charge in [0.15, 0.2) is 5.82 Å². The molecule has 94 valence electrons. The van der Waals surface area contributed by atoms with E-state index in [0.29, 0.717) is 0 Å². The maximum absolute atomic E-state index is 4.53. The first-order valence-electron chi connectivity index (χ1n) is 6.27. The number of piperazine rings is 1. The number of nitrogens with one attached hydrogen (secondary N) is 1. The second kappa shape index (κ2) is 4.78. The van der Waals surface area contributed by atoms with E-state index in [0.717, 1.165) is 43.2 Å². The zero-order chi connectivity index (χ0) is 12.4. The Kier molecular flexibility index (Phi) is 2.98. The standard InChI is InChI=1S/C13H17N5/c1-11-9-16-18(10-11)12-3-2-4-15-13(12)17-7-5-14-6-8-17/h2-4,9-10,14H,5-8H2,1H3. The molecule has 5 heteroatoms. The van der Waals surface area contributed by atoms with Gasteiger partial charge in [0.1, 0.15) is 5.69 Å². The van der Waals surface area contributed by atoms with Crippen LogP contribution in [0.4, 0.5) is 5.82 Å². The molecular formula is C13H17N5. The van der Waals surface area contributed by atoms with Crippen molar-refractivity contribution < 1.29 is 0 Å². The van der Waals surface area contributed by atoms with Gasteiger partial charge in [-0.2, -0.15) is 5.10 Å². The van der Waals surface area contributed by atoms with Gasteiger partial charge in [-0.25, -0.2) is 9.67 Å². The highest BCUT2D eigenvalue weighted by molar-refractivity contribution is 5.57. The van der Waals surface area contributed by atoms with E-state index in [9.17, 15) is 0 Å². The Bertz CT molecular complexity index is 528. The molecule has 0 unspecified atom stereocenters. The number of pyridine rings is 1. The molecular weight excluding hydrogens is 226 g/mol. The van der Waals surface area contributed by atoms with E-state index in [4.69, 9.17) is 0 Å². The molecule has 5 nitrogen and oxygen atoms in total. The molecule has 1 N–H and O–H groups in total. The Morgan fingerprint density at radius 2 is 2.11 bits per heavy atom. The summed E-state index contributed by atoms with van der Waals surface area (Å²) in [5.41, 5.74) is 2.21. The van der Waals surface area contributed by atoms with E-state index in [2.05, 4.69) is 26.4 Å². The lowest BCUT2D eigenvalue weighted by Crippen LogP contribution is -2.44. The summed E-state index contributed by atoms with van der Waals surface area (Å²) in [4.78, 5) is 6.83. The van der Waals surface area contributed by atoms with Crippen LogP contribution in [0.1, 0.15) is 5.56 Å². The number of hydrogen-bond donors (Lipinski definition) is 1. The van der Waals surface area contributed by atoms with Crippen molar-refractivity contribution in [1.29, 1.82) is 0 Å². The van der Waals surface area contributed by atoms with Crippen molar-refractivity contribution in [2.45, 2.75) is 6.92 Å². The first-order valence-corrected chi connectivity index (χ1v) is 6.27. The highest BCUT2D eigenvalue weighted by Gasteiger charge is 2.16. The number of aryl methyl sites for hydroxylation is 1. The van der Waals surface area contributed by atoms with E-state index in [1.54, 1.807) is 0 Å². The minimum atomic E-state index is 0.990. The van der Waals surface area contributed by atoms with Crippen molar-refractivity contribution in [3.05, 3.63) is 36.3 Å².